The third-order valence-corrected chi connectivity index (χ3v) is 7.41. The minimum absolute atomic E-state index is 0.142. The largest absolute Gasteiger partial charge is 0.465 e. The van der Waals surface area contributed by atoms with Crippen molar-refractivity contribution >= 4 is 13.5 Å². The monoisotopic (exact) mass is 323 g/mol. The first-order chi connectivity index (χ1) is 10.5. The number of benzene rings is 1. The molecule has 0 spiro atoms. The summed E-state index contributed by atoms with van der Waals surface area (Å²) in [6, 6.07) is 9.70. The molecule has 0 heterocycles. The first kappa shape index (κ1) is 16.8. The molecule has 1 unspecified atom stereocenters. The van der Waals surface area contributed by atoms with Crippen LogP contribution >= 0.6 is 7.37 Å². The number of amides is 1. The molecule has 2 rings (SSSR count). The van der Waals surface area contributed by atoms with Gasteiger partial charge in [0.15, 0.2) is 0 Å². The van der Waals surface area contributed by atoms with Crippen molar-refractivity contribution in [1.29, 1.82) is 0 Å². The maximum atomic E-state index is 13.4. The lowest BCUT2D eigenvalue weighted by Crippen LogP contribution is -2.38. The highest BCUT2D eigenvalue weighted by Gasteiger charge is 2.66. The molecule has 1 fully saturated rings. The van der Waals surface area contributed by atoms with Crippen LogP contribution in [-0.4, -0.2) is 29.2 Å². The number of carbonyl (C=O) groups is 1. The summed E-state index contributed by atoms with van der Waals surface area (Å²) in [6.07, 6.45) is 1.86. The Bertz CT molecular complexity index is 589. The number of hydrogen-bond donors (Lipinski definition) is 2. The Morgan fingerprint density at radius 2 is 2.23 bits per heavy atom. The third kappa shape index (κ3) is 3.26. The van der Waals surface area contributed by atoms with Gasteiger partial charge in [0.2, 0.25) is 7.37 Å². The van der Waals surface area contributed by atoms with Gasteiger partial charge in [-0.15, -0.1) is 6.58 Å². The van der Waals surface area contributed by atoms with E-state index in [1.807, 2.05) is 30.3 Å². The van der Waals surface area contributed by atoms with Gasteiger partial charge in [-0.25, -0.2) is 4.79 Å². The number of hydrogen-bond acceptors (Lipinski definition) is 3. The summed E-state index contributed by atoms with van der Waals surface area (Å²) in [6.45, 7) is 5.77. The average molecular weight is 323 g/mol. The zero-order valence-corrected chi connectivity index (χ0v) is 13.6. The van der Waals surface area contributed by atoms with E-state index in [0.29, 0.717) is 25.6 Å². The fraction of sp³-hybridized carbons (Fsp3) is 0.438. The highest BCUT2D eigenvalue weighted by atomic mass is 31.2. The minimum atomic E-state index is -3.17. The quantitative estimate of drug-likeness (QED) is 0.565. The van der Waals surface area contributed by atoms with Gasteiger partial charge in [0.25, 0.3) is 0 Å². The van der Waals surface area contributed by atoms with Gasteiger partial charge < -0.3 is 14.9 Å². The molecule has 3 atom stereocenters. The standard InChI is InChI=1S/C16H22NO4P/c1-3-14-12-16(14,17-15(18)19)22(20,21-4-2)11-10-13-8-6-5-7-9-13/h3,5-9,14,17H,1,4,10-12H2,2H3,(H,18,19)/t14-,16+,22?/m1/s1. The molecular weight excluding hydrogens is 301 g/mol. The van der Waals surface area contributed by atoms with Crippen LogP contribution in [0.3, 0.4) is 0 Å². The lowest BCUT2D eigenvalue weighted by molar-refractivity contribution is 0.190. The Morgan fingerprint density at radius 3 is 2.73 bits per heavy atom. The Kier molecular flexibility index (Phi) is 5.09. The Balaban J connectivity index is 2.21. The molecule has 6 heteroatoms. The molecule has 0 bridgehead atoms. The van der Waals surface area contributed by atoms with Crippen molar-refractivity contribution in [2.75, 3.05) is 12.8 Å². The van der Waals surface area contributed by atoms with Gasteiger partial charge >= 0.3 is 6.09 Å². The second-order valence-electron chi connectivity index (χ2n) is 5.45. The molecule has 22 heavy (non-hydrogen) atoms. The second-order valence-corrected chi connectivity index (χ2v) is 8.30. The van der Waals surface area contributed by atoms with Crippen LogP contribution in [0, 0.1) is 5.92 Å². The summed E-state index contributed by atoms with van der Waals surface area (Å²) in [5.74, 6) is -0.142. The van der Waals surface area contributed by atoms with Crippen molar-refractivity contribution < 1.29 is 19.0 Å². The van der Waals surface area contributed by atoms with Crippen LogP contribution in [0.2, 0.25) is 0 Å². The molecule has 1 amide bonds. The molecular formula is C16H22NO4P. The second kappa shape index (κ2) is 6.67. The third-order valence-electron chi connectivity index (χ3n) is 4.08. The highest BCUT2D eigenvalue weighted by molar-refractivity contribution is 7.61. The van der Waals surface area contributed by atoms with Crippen LogP contribution in [0.15, 0.2) is 43.0 Å². The fourth-order valence-electron chi connectivity index (χ4n) is 2.87. The predicted molar refractivity (Wildman–Crippen MR) is 86.4 cm³/mol. The van der Waals surface area contributed by atoms with Crippen LogP contribution < -0.4 is 5.32 Å². The fourth-order valence-corrected chi connectivity index (χ4v) is 5.95. The first-order valence-electron chi connectivity index (χ1n) is 7.38. The molecule has 5 nitrogen and oxygen atoms in total. The molecule has 0 aliphatic heterocycles. The van der Waals surface area contributed by atoms with E-state index < -0.39 is 18.7 Å². The molecule has 1 aromatic carbocycles. The van der Waals surface area contributed by atoms with Crippen LogP contribution in [0.4, 0.5) is 4.79 Å². The molecule has 2 N–H and O–H groups in total. The number of rotatable bonds is 8. The minimum Gasteiger partial charge on any atom is -0.465 e. The smallest absolute Gasteiger partial charge is 0.405 e. The van der Waals surface area contributed by atoms with E-state index >= 15 is 0 Å². The van der Waals surface area contributed by atoms with Crippen molar-refractivity contribution in [1.82, 2.24) is 5.32 Å². The maximum absolute atomic E-state index is 13.4. The van der Waals surface area contributed by atoms with Crippen LogP contribution in [0.5, 0.6) is 0 Å². The summed E-state index contributed by atoms with van der Waals surface area (Å²) in [5.41, 5.74) is 1.06. The van der Waals surface area contributed by atoms with Crippen molar-refractivity contribution in [3.8, 4) is 0 Å². The lowest BCUT2D eigenvalue weighted by atomic mass is 10.2. The Hall–Kier alpha value is -1.58. The van der Waals surface area contributed by atoms with Gasteiger partial charge in [0.1, 0.15) is 5.28 Å². The number of nitrogens with one attached hydrogen (secondary N) is 1. The molecule has 1 saturated carbocycles. The SMILES string of the molecule is C=C[C@@H]1C[C@]1(NC(=O)O)P(=O)(CCc1ccccc1)OCC. The highest BCUT2D eigenvalue weighted by Crippen LogP contribution is 2.72. The predicted octanol–water partition coefficient (Wildman–Crippen LogP) is 3.71. The maximum Gasteiger partial charge on any atom is 0.405 e. The van der Waals surface area contributed by atoms with Crippen molar-refractivity contribution in [2.24, 2.45) is 5.92 Å². The van der Waals surface area contributed by atoms with Crippen LogP contribution in [0.1, 0.15) is 18.9 Å². The van der Waals surface area contributed by atoms with Gasteiger partial charge in [-0.3, -0.25) is 4.57 Å². The van der Waals surface area contributed by atoms with Crippen molar-refractivity contribution in [3.05, 3.63) is 48.6 Å². The van der Waals surface area contributed by atoms with E-state index in [-0.39, 0.29) is 5.92 Å². The van der Waals surface area contributed by atoms with E-state index in [2.05, 4.69) is 11.9 Å². The molecule has 120 valence electrons. The summed E-state index contributed by atoms with van der Waals surface area (Å²) >= 11 is 0. The normalized spacial score (nSPS) is 26.0. The van der Waals surface area contributed by atoms with E-state index in [1.54, 1.807) is 13.0 Å². The molecule has 0 aromatic heterocycles. The first-order valence-corrected chi connectivity index (χ1v) is 9.19. The Morgan fingerprint density at radius 1 is 1.55 bits per heavy atom. The van der Waals surface area contributed by atoms with Gasteiger partial charge in [-0.05, 0) is 25.3 Å². The number of aryl methyl sites for hydroxylation is 1. The van der Waals surface area contributed by atoms with Crippen molar-refractivity contribution in [3.63, 3.8) is 0 Å². The Labute approximate surface area is 130 Å². The summed E-state index contributed by atoms with van der Waals surface area (Å²) in [5, 5.41) is 10.5. The van der Waals surface area contributed by atoms with Gasteiger partial charge in [-0.2, -0.15) is 0 Å². The molecule has 1 aliphatic carbocycles. The van der Waals surface area contributed by atoms with Gasteiger partial charge in [0.05, 0.1) is 6.61 Å². The molecule has 1 aromatic rings. The van der Waals surface area contributed by atoms with Gasteiger partial charge in [0, 0.05) is 12.1 Å². The summed E-state index contributed by atoms with van der Waals surface area (Å²) < 4.78 is 19.0. The summed E-state index contributed by atoms with van der Waals surface area (Å²) in [7, 11) is -3.17. The molecule has 1 aliphatic rings. The van der Waals surface area contributed by atoms with E-state index in [9.17, 15) is 9.36 Å². The summed E-state index contributed by atoms with van der Waals surface area (Å²) in [4.78, 5) is 11.1. The van der Waals surface area contributed by atoms with E-state index in [4.69, 9.17) is 9.63 Å². The van der Waals surface area contributed by atoms with Gasteiger partial charge in [-0.1, -0.05) is 36.4 Å². The van der Waals surface area contributed by atoms with E-state index in [1.165, 1.54) is 0 Å². The zero-order chi connectivity index (χ0) is 16.2. The zero-order valence-electron chi connectivity index (χ0n) is 12.7. The van der Waals surface area contributed by atoms with Crippen LogP contribution in [-0.2, 0) is 15.5 Å². The average Bonchev–Trinajstić information content (AvgIpc) is 3.21. The number of carboxylic acid groups (broad SMARTS) is 1. The lowest BCUT2D eigenvalue weighted by Gasteiger charge is -2.28. The molecule has 0 radical (unpaired) electrons. The molecule has 0 saturated heterocycles. The topological polar surface area (TPSA) is 75.6 Å². The van der Waals surface area contributed by atoms with Crippen molar-refractivity contribution in [2.45, 2.75) is 25.0 Å². The van der Waals surface area contributed by atoms with E-state index in [0.717, 1.165) is 5.56 Å². The van der Waals surface area contributed by atoms with Crippen LogP contribution in [0.25, 0.3) is 0 Å².